The maximum atomic E-state index is 5.87. The number of anilines is 1. The zero-order chi connectivity index (χ0) is 13.9. The number of unbranched alkanes of at least 4 members (excludes halogenated alkanes) is 1. The highest BCUT2D eigenvalue weighted by atomic mass is 16.5. The van der Waals surface area contributed by atoms with Crippen LogP contribution in [0.2, 0.25) is 0 Å². The number of hydrogen-bond acceptors (Lipinski definition) is 6. The van der Waals surface area contributed by atoms with Crippen LogP contribution in [-0.2, 0) is 4.74 Å². The quantitative estimate of drug-likeness (QED) is 0.655. The number of hydrogen-bond donors (Lipinski definition) is 1. The molecule has 0 spiro atoms. The zero-order valence-electron chi connectivity index (χ0n) is 11.7. The van der Waals surface area contributed by atoms with Gasteiger partial charge in [0.1, 0.15) is 12.9 Å². The maximum absolute atomic E-state index is 5.87. The van der Waals surface area contributed by atoms with E-state index in [1.54, 1.807) is 0 Å². The van der Waals surface area contributed by atoms with Crippen LogP contribution >= 0.6 is 0 Å². The van der Waals surface area contributed by atoms with Gasteiger partial charge in [-0.25, -0.2) is 0 Å². The molecule has 0 aromatic carbocycles. The van der Waals surface area contributed by atoms with E-state index in [1.165, 1.54) is 6.33 Å². The number of nitrogen functional groups attached to an aromatic ring is 1. The SMILES string of the molecule is CCCCOCCOc1ncnc(OCCC)c1N. The van der Waals surface area contributed by atoms with E-state index >= 15 is 0 Å². The van der Waals surface area contributed by atoms with Gasteiger partial charge in [-0.2, -0.15) is 9.97 Å². The second-order valence-corrected chi connectivity index (χ2v) is 4.06. The van der Waals surface area contributed by atoms with Crippen LogP contribution in [0.4, 0.5) is 5.69 Å². The molecule has 0 saturated carbocycles. The van der Waals surface area contributed by atoms with Gasteiger partial charge in [0.15, 0.2) is 5.69 Å². The molecule has 1 aromatic heterocycles. The van der Waals surface area contributed by atoms with Gasteiger partial charge >= 0.3 is 0 Å². The lowest BCUT2D eigenvalue weighted by Crippen LogP contribution is -2.11. The third-order valence-corrected chi connectivity index (χ3v) is 2.36. The van der Waals surface area contributed by atoms with Crippen LogP contribution in [0.5, 0.6) is 11.8 Å². The molecule has 108 valence electrons. The highest BCUT2D eigenvalue weighted by Crippen LogP contribution is 2.26. The molecule has 0 aliphatic carbocycles. The van der Waals surface area contributed by atoms with Crippen molar-refractivity contribution < 1.29 is 14.2 Å². The van der Waals surface area contributed by atoms with Gasteiger partial charge in [0, 0.05) is 6.61 Å². The van der Waals surface area contributed by atoms with Gasteiger partial charge in [0.25, 0.3) is 0 Å². The molecule has 1 rings (SSSR count). The Bertz CT molecular complexity index is 361. The Morgan fingerprint density at radius 1 is 0.947 bits per heavy atom. The van der Waals surface area contributed by atoms with Crippen LogP contribution < -0.4 is 15.2 Å². The van der Waals surface area contributed by atoms with Crippen molar-refractivity contribution in [2.24, 2.45) is 0 Å². The summed E-state index contributed by atoms with van der Waals surface area (Å²) in [4.78, 5) is 7.96. The summed E-state index contributed by atoms with van der Waals surface area (Å²) in [5, 5.41) is 0. The summed E-state index contributed by atoms with van der Waals surface area (Å²) in [6.45, 7) is 6.40. The molecule has 0 aliphatic rings. The Morgan fingerprint density at radius 2 is 1.63 bits per heavy atom. The third-order valence-electron chi connectivity index (χ3n) is 2.36. The summed E-state index contributed by atoms with van der Waals surface area (Å²) in [6, 6.07) is 0. The van der Waals surface area contributed by atoms with E-state index in [0.717, 1.165) is 25.9 Å². The first kappa shape index (κ1) is 15.5. The monoisotopic (exact) mass is 269 g/mol. The fourth-order valence-electron chi connectivity index (χ4n) is 1.34. The highest BCUT2D eigenvalue weighted by molar-refractivity contribution is 5.55. The first-order chi connectivity index (χ1) is 9.29. The lowest BCUT2D eigenvalue weighted by atomic mass is 10.4. The van der Waals surface area contributed by atoms with E-state index in [9.17, 15) is 0 Å². The van der Waals surface area contributed by atoms with Crippen molar-refractivity contribution in [1.29, 1.82) is 0 Å². The molecule has 1 aromatic rings. The molecule has 0 saturated heterocycles. The normalized spacial score (nSPS) is 10.4. The fourth-order valence-corrected chi connectivity index (χ4v) is 1.34. The smallest absolute Gasteiger partial charge is 0.244 e. The summed E-state index contributed by atoms with van der Waals surface area (Å²) in [6.07, 6.45) is 4.46. The molecule has 19 heavy (non-hydrogen) atoms. The van der Waals surface area contributed by atoms with E-state index in [-0.39, 0.29) is 0 Å². The Hall–Kier alpha value is -1.56. The molecule has 6 nitrogen and oxygen atoms in total. The van der Waals surface area contributed by atoms with E-state index < -0.39 is 0 Å². The molecule has 0 aliphatic heterocycles. The number of rotatable bonds is 10. The predicted octanol–water partition coefficient (Wildman–Crippen LogP) is 2.04. The number of nitrogens with zero attached hydrogens (tertiary/aromatic N) is 2. The first-order valence-corrected chi connectivity index (χ1v) is 6.73. The van der Waals surface area contributed by atoms with Crippen LogP contribution in [0.3, 0.4) is 0 Å². The fraction of sp³-hybridized carbons (Fsp3) is 0.692. The molecule has 6 heteroatoms. The second kappa shape index (κ2) is 9.38. The number of ether oxygens (including phenoxy) is 3. The standard InChI is InChI=1S/C13H23N3O3/c1-3-5-7-17-8-9-19-13-11(14)12(15-10-16-13)18-6-4-2/h10H,3-9,14H2,1-2H3. The van der Waals surface area contributed by atoms with E-state index in [0.29, 0.717) is 37.3 Å². The topological polar surface area (TPSA) is 79.5 Å². The van der Waals surface area contributed by atoms with Crippen molar-refractivity contribution >= 4 is 5.69 Å². The molecule has 0 amide bonds. The molecule has 0 atom stereocenters. The summed E-state index contributed by atoms with van der Waals surface area (Å²) in [5.41, 5.74) is 6.21. The Morgan fingerprint density at radius 3 is 2.26 bits per heavy atom. The largest absolute Gasteiger partial charge is 0.476 e. The molecular weight excluding hydrogens is 246 g/mol. The molecular formula is C13H23N3O3. The van der Waals surface area contributed by atoms with Crippen LogP contribution in [-0.4, -0.2) is 36.4 Å². The van der Waals surface area contributed by atoms with Crippen molar-refractivity contribution in [3.8, 4) is 11.8 Å². The summed E-state index contributed by atoms with van der Waals surface area (Å²) in [7, 11) is 0. The minimum atomic E-state index is 0.338. The predicted molar refractivity (Wildman–Crippen MR) is 73.5 cm³/mol. The van der Waals surface area contributed by atoms with Gasteiger partial charge in [0.2, 0.25) is 11.8 Å². The maximum Gasteiger partial charge on any atom is 0.244 e. The summed E-state index contributed by atoms with van der Waals surface area (Å²) in [5.74, 6) is 0.721. The lowest BCUT2D eigenvalue weighted by Gasteiger charge is -2.11. The molecule has 2 N–H and O–H groups in total. The number of aromatic nitrogens is 2. The van der Waals surface area contributed by atoms with Gasteiger partial charge in [0.05, 0.1) is 13.2 Å². The summed E-state index contributed by atoms with van der Waals surface area (Å²) < 4.78 is 16.2. The molecule has 0 fully saturated rings. The van der Waals surface area contributed by atoms with Crippen molar-refractivity contribution in [2.75, 3.05) is 32.2 Å². The van der Waals surface area contributed by atoms with Gasteiger partial charge < -0.3 is 19.9 Å². The minimum absolute atomic E-state index is 0.338. The lowest BCUT2D eigenvalue weighted by molar-refractivity contribution is 0.0966. The number of nitrogens with two attached hydrogens (primary N) is 1. The van der Waals surface area contributed by atoms with Gasteiger partial charge in [-0.3, -0.25) is 0 Å². The minimum Gasteiger partial charge on any atom is -0.476 e. The first-order valence-electron chi connectivity index (χ1n) is 6.73. The van der Waals surface area contributed by atoms with Crippen molar-refractivity contribution in [2.45, 2.75) is 33.1 Å². The molecule has 0 radical (unpaired) electrons. The molecule has 0 unspecified atom stereocenters. The Labute approximate surface area is 114 Å². The second-order valence-electron chi connectivity index (χ2n) is 4.06. The van der Waals surface area contributed by atoms with Gasteiger partial charge in [-0.05, 0) is 12.8 Å². The zero-order valence-corrected chi connectivity index (χ0v) is 11.7. The Kier molecular flexibility index (Phi) is 7.65. The van der Waals surface area contributed by atoms with Gasteiger partial charge in [-0.1, -0.05) is 20.3 Å². The van der Waals surface area contributed by atoms with Crippen molar-refractivity contribution in [1.82, 2.24) is 9.97 Å². The van der Waals surface area contributed by atoms with Crippen LogP contribution in [0.1, 0.15) is 33.1 Å². The van der Waals surface area contributed by atoms with E-state index in [4.69, 9.17) is 19.9 Å². The highest BCUT2D eigenvalue weighted by Gasteiger charge is 2.10. The molecule has 0 bridgehead atoms. The van der Waals surface area contributed by atoms with Gasteiger partial charge in [-0.15, -0.1) is 0 Å². The van der Waals surface area contributed by atoms with Crippen LogP contribution in [0, 0.1) is 0 Å². The Balaban J connectivity index is 2.36. The third kappa shape index (κ3) is 5.74. The average molecular weight is 269 g/mol. The van der Waals surface area contributed by atoms with Crippen LogP contribution in [0.15, 0.2) is 6.33 Å². The van der Waals surface area contributed by atoms with Crippen molar-refractivity contribution in [3.63, 3.8) is 0 Å². The van der Waals surface area contributed by atoms with E-state index in [2.05, 4.69) is 16.9 Å². The van der Waals surface area contributed by atoms with E-state index in [1.807, 2.05) is 6.92 Å². The average Bonchev–Trinajstić information content (AvgIpc) is 2.43. The van der Waals surface area contributed by atoms with Crippen molar-refractivity contribution in [3.05, 3.63) is 6.33 Å². The summed E-state index contributed by atoms with van der Waals surface area (Å²) >= 11 is 0. The molecule has 1 heterocycles. The van der Waals surface area contributed by atoms with Crippen LogP contribution in [0.25, 0.3) is 0 Å².